The van der Waals surface area contributed by atoms with Gasteiger partial charge in [0.15, 0.2) is 0 Å². The number of ether oxygens (including phenoxy) is 2. The Hall–Kier alpha value is -3.02. The highest BCUT2D eigenvalue weighted by Gasteiger charge is 2.15. The van der Waals surface area contributed by atoms with Crippen molar-refractivity contribution in [2.75, 3.05) is 14.2 Å². The van der Waals surface area contributed by atoms with E-state index in [0.717, 1.165) is 33.7 Å². The van der Waals surface area contributed by atoms with Gasteiger partial charge in [0, 0.05) is 12.0 Å². The topological polar surface area (TPSA) is 76.2 Å². The fraction of sp³-hybridized carbons (Fsp3) is 0.300. The number of nitrogens with one attached hydrogen (secondary N) is 2. The summed E-state index contributed by atoms with van der Waals surface area (Å²) in [5.74, 6) is 1.45. The number of methoxy groups -OCH3 is 2. The summed E-state index contributed by atoms with van der Waals surface area (Å²) in [5.41, 5.74) is 3.90. The Bertz CT molecular complexity index is 904. The molecule has 0 bridgehead atoms. The molecule has 0 aliphatic heterocycles. The van der Waals surface area contributed by atoms with Gasteiger partial charge in [0.1, 0.15) is 11.5 Å². The first-order valence-electron chi connectivity index (χ1n) is 8.54. The minimum Gasteiger partial charge on any atom is -0.497 e. The van der Waals surface area contributed by atoms with Gasteiger partial charge in [0.2, 0.25) is 5.91 Å². The van der Waals surface area contributed by atoms with Gasteiger partial charge in [0.05, 0.1) is 37.6 Å². The molecule has 0 unspecified atom stereocenters. The van der Waals surface area contributed by atoms with E-state index in [2.05, 4.69) is 15.3 Å². The molecule has 1 aromatic heterocycles. The van der Waals surface area contributed by atoms with Gasteiger partial charge in [-0.2, -0.15) is 0 Å². The summed E-state index contributed by atoms with van der Waals surface area (Å²) < 4.78 is 10.7. The molecule has 0 aliphatic carbocycles. The molecule has 0 saturated heterocycles. The summed E-state index contributed by atoms with van der Waals surface area (Å²) in [6, 6.07) is 11.4. The fourth-order valence-corrected chi connectivity index (χ4v) is 2.97. The van der Waals surface area contributed by atoms with Gasteiger partial charge >= 0.3 is 0 Å². The van der Waals surface area contributed by atoms with Crippen molar-refractivity contribution in [1.82, 2.24) is 15.3 Å². The number of benzene rings is 2. The first kappa shape index (κ1) is 17.8. The number of aromatic nitrogens is 2. The number of carbonyl (C=O) groups is 1. The van der Waals surface area contributed by atoms with Gasteiger partial charge in [-0.15, -0.1) is 0 Å². The minimum atomic E-state index is -0.178. The molecule has 0 spiro atoms. The Morgan fingerprint density at radius 1 is 1.19 bits per heavy atom. The number of aryl methyl sites for hydroxylation is 1. The number of nitrogens with zero attached hydrogens (tertiary/aromatic N) is 1. The molecule has 2 aromatic carbocycles. The molecule has 0 fully saturated rings. The van der Waals surface area contributed by atoms with Crippen LogP contribution in [0.15, 0.2) is 42.7 Å². The van der Waals surface area contributed by atoms with Crippen molar-refractivity contribution >= 4 is 16.9 Å². The molecule has 6 nitrogen and oxygen atoms in total. The second-order valence-electron chi connectivity index (χ2n) is 6.15. The molecular weight excluding hydrogens is 330 g/mol. The summed E-state index contributed by atoms with van der Waals surface area (Å²) in [4.78, 5) is 19.7. The standard InChI is InChI=1S/C20H23N3O3/c1-13(16-11-15(25-2)6-8-19(16)26-3)23-20(24)9-5-14-4-7-17-18(10-14)22-12-21-17/h4,6-8,10-13H,5,9H2,1-3H3,(H,21,22)(H,23,24)/t13-/m0/s1. The Labute approximate surface area is 152 Å². The lowest BCUT2D eigenvalue weighted by atomic mass is 10.1. The molecule has 1 heterocycles. The van der Waals surface area contributed by atoms with Crippen molar-refractivity contribution in [3.8, 4) is 11.5 Å². The maximum absolute atomic E-state index is 12.4. The Balaban J connectivity index is 1.62. The van der Waals surface area contributed by atoms with Crippen molar-refractivity contribution in [1.29, 1.82) is 0 Å². The zero-order valence-corrected chi connectivity index (χ0v) is 15.2. The summed E-state index contributed by atoms with van der Waals surface area (Å²) >= 11 is 0. The van der Waals surface area contributed by atoms with E-state index < -0.39 is 0 Å². The number of hydrogen-bond donors (Lipinski definition) is 2. The third kappa shape index (κ3) is 3.96. The largest absolute Gasteiger partial charge is 0.497 e. The van der Waals surface area contributed by atoms with Gasteiger partial charge in [-0.3, -0.25) is 4.79 Å². The molecule has 0 aliphatic rings. The molecule has 6 heteroatoms. The van der Waals surface area contributed by atoms with Crippen molar-refractivity contribution < 1.29 is 14.3 Å². The summed E-state index contributed by atoms with van der Waals surface area (Å²) in [6.45, 7) is 1.94. The molecule has 3 rings (SSSR count). The predicted molar refractivity (Wildman–Crippen MR) is 101 cm³/mol. The summed E-state index contributed by atoms with van der Waals surface area (Å²) in [7, 11) is 3.23. The van der Waals surface area contributed by atoms with E-state index in [-0.39, 0.29) is 11.9 Å². The van der Waals surface area contributed by atoms with E-state index in [1.165, 1.54) is 0 Å². The van der Waals surface area contributed by atoms with E-state index in [1.807, 2.05) is 43.3 Å². The highest BCUT2D eigenvalue weighted by atomic mass is 16.5. The van der Waals surface area contributed by atoms with Crippen LogP contribution in [-0.2, 0) is 11.2 Å². The molecular formula is C20H23N3O3. The molecule has 0 radical (unpaired) electrons. The van der Waals surface area contributed by atoms with Gasteiger partial charge < -0.3 is 19.8 Å². The lowest BCUT2D eigenvalue weighted by molar-refractivity contribution is -0.121. The van der Waals surface area contributed by atoms with Crippen LogP contribution in [0.25, 0.3) is 11.0 Å². The van der Waals surface area contributed by atoms with Gasteiger partial charge in [-0.1, -0.05) is 6.07 Å². The average molecular weight is 353 g/mol. The summed E-state index contributed by atoms with van der Waals surface area (Å²) in [5, 5.41) is 3.03. The van der Waals surface area contributed by atoms with Crippen LogP contribution in [0.1, 0.15) is 30.5 Å². The Morgan fingerprint density at radius 2 is 2.04 bits per heavy atom. The highest BCUT2D eigenvalue weighted by Crippen LogP contribution is 2.29. The number of imidazole rings is 1. The number of fused-ring (bicyclic) bond motifs is 1. The maximum Gasteiger partial charge on any atom is 0.220 e. The number of rotatable bonds is 7. The molecule has 1 amide bonds. The zero-order valence-electron chi connectivity index (χ0n) is 15.2. The molecule has 136 valence electrons. The molecule has 26 heavy (non-hydrogen) atoms. The van der Waals surface area contributed by atoms with Crippen molar-refractivity contribution in [3.63, 3.8) is 0 Å². The molecule has 2 N–H and O–H groups in total. The molecule has 3 aromatic rings. The van der Waals surface area contributed by atoms with Gasteiger partial charge in [-0.25, -0.2) is 4.98 Å². The van der Waals surface area contributed by atoms with Crippen LogP contribution >= 0.6 is 0 Å². The van der Waals surface area contributed by atoms with Crippen LogP contribution in [0, 0.1) is 0 Å². The average Bonchev–Trinajstić information content (AvgIpc) is 3.13. The van der Waals surface area contributed by atoms with Crippen molar-refractivity contribution in [2.45, 2.75) is 25.8 Å². The van der Waals surface area contributed by atoms with Crippen LogP contribution in [0.5, 0.6) is 11.5 Å². The van der Waals surface area contributed by atoms with Crippen LogP contribution in [0.4, 0.5) is 0 Å². The molecule has 1 atom stereocenters. The second kappa shape index (κ2) is 7.91. The lowest BCUT2D eigenvalue weighted by Crippen LogP contribution is -2.27. The Kier molecular flexibility index (Phi) is 5.41. The van der Waals surface area contributed by atoms with Crippen molar-refractivity contribution in [3.05, 3.63) is 53.9 Å². The smallest absolute Gasteiger partial charge is 0.220 e. The number of amides is 1. The molecule has 0 saturated carbocycles. The summed E-state index contributed by atoms with van der Waals surface area (Å²) in [6.07, 6.45) is 2.75. The zero-order chi connectivity index (χ0) is 18.5. The first-order valence-corrected chi connectivity index (χ1v) is 8.54. The number of H-pyrrole nitrogens is 1. The van der Waals surface area contributed by atoms with E-state index >= 15 is 0 Å². The van der Waals surface area contributed by atoms with Gasteiger partial charge in [0.25, 0.3) is 0 Å². The quantitative estimate of drug-likeness (QED) is 0.683. The monoisotopic (exact) mass is 353 g/mol. The maximum atomic E-state index is 12.4. The van der Waals surface area contributed by atoms with Crippen LogP contribution in [-0.4, -0.2) is 30.1 Å². The SMILES string of the molecule is COc1ccc(OC)c([C@H](C)NC(=O)CCc2ccc3nc[nH]c3c2)c1. The number of aromatic amines is 1. The van der Waals surface area contributed by atoms with Crippen LogP contribution in [0.2, 0.25) is 0 Å². The second-order valence-corrected chi connectivity index (χ2v) is 6.15. The van der Waals surface area contributed by atoms with E-state index in [4.69, 9.17) is 9.47 Å². The minimum absolute atomic E-state index is 0.00733. The third-order valence-electron chi connectivity index (χ3n) is 4.41. The number of carbonyl (C=O) groups excluding carboxylic acids is 1. The third-order valence-corrected chi connectivity index (χ3v) is 4.41. The normalized spacial score (nSPS) is 12.0. The van der Waals surface area contributed by atoms with Crippen LogP contribution < -0.4 is 14.8 Å². The van der Waals surface area contributed by atoms with Gasteiger partial charge in [-0.05, 0) is 49.2 Å². The number of hydrogen-bond acceptors (Lipinski definition) is 4. The first-order chi connectivity index (χ1) is 12.6. The van der Waals surface area contributed by atoms with E-state index in [1.54, 1.807) is 20.5 Å². The predicted octanol–water partition coefficient (Wildman–Crippen LogP) is 3.39. The Morgan fingerprint density at radius 3 is 2.81 bits per heavy atom. The lowest BCUT2D eigenvalue weighted by Gasteiger charge is -2.18. The fourth-order valence-electron chi connectivity index (χ4n) is 2.97. The van der Waals surface area contributed by atoms with Crippen LogP contribution in [0.3, 0.4) is 0 Å². The van der Waals surface area contributed by atoms with Crippen molar-refractivity contribution in [2.24, 2.45) is 0 Å². The van der Waals surface area contributed by atoms with E-state index in [0.29, 0.717) is 12.8 Å². The highest BCUT2D eigenvalue weighted by molar-refractivity contribution is 5.78. The van der Waals surface area contributed by atoms with E-state index in [9.17, 15) is 4.79 Å².